The van der Waals surface area contributed by atoms with Crippen LogP contribution in [0.2, 0.25) is 0 Å². The topological polar surface area (TPSA) is 108 Å². The van der Waals surface area contributed by atoms with E-state index in [-0.39, 0.29) is 11.7 Å². The third-order valence-electron chi connectivity index (χ3n) is 1.80. The van der Waals surface area contributed by atoms with E-state index < -0.39 is 5.97 Å². The van der Waals surface area contributed by atoms with Gasteiger partial charge in [0.1, 0.15) is 12.4 Å². The summed E-state index contributed by atoms with van der Waals surface area (Å²) in [6.45, 7) is 2.69. The van der Waals surface area contributed by atoms with E-state index in [9.17, 15) is 4.79 Å². The minimum Gasteiger partial charge on any atom is -0.492 e. The molecule has 0 fully saturated rings. The normalized spacial score (nSPS) is 9.20. The standard InChI is InChI=1S/C10H13NO3.H3N/c1-7-6-8(10(12)13)2-3-9(7)14-5-4-11;/h2-3,6H,4-5,11H2,1H3,(H,12,13);1H3. The summed E-state index contributed by atoms with van der Waals surface area (Å²) in [4.78, 5) is 10.6. The Balaban J connectivity index is 0.00000196. The van der Waals surface area contributed by atoms with Gasteiger partial charge in [0.25, 0.3) is 0 Å². The van der Waals surface area contributed by atoms with E-state index in [4.69, 9.17) is 15.6 Å². The van der Waals surface area contributed by atoms with Gasteiger partial charge in [-0.2, -0.15) is 0 Å². The molecule has 0 aromatic heterocycles. The number of hydrogen-bond acceptors (Lipinski definition) is 4. The van der Waals surface area contributed by atoms with Crippen LogP contribution in [-0.2, 0) is 0 Å². The first-order valence-corrected chi connectivity index (χ1v) is 4.32. The molecule has 5 heteroatoms. The van der Waals surface area contributed by atoms with Gasteiger partial charge in [0.15, 0.2) is 0 Å². The lowest BCUT2D eigenvalue weighted by atomic mass is 10.1. The van der Waals surface area contributed by atoms with Crippen LogP contribution in [-0.4, -0.2) is 24.2 Å². The fraction of sp³-hybridized carbons (Fsp3) is 0.300. The molecule has 1 rings (SSSR count). The van der Waals surface area contributed by atoms with E-state index in [1.165, 1.54) is 6.07 Å². The number of benzene rings is 1. The van der Waals surface area contributed by atoms with Gasteiger partial charge in [-0.3, -0.25) is 0 Å². The maximum absolute atomic E-state index is 10.6. The predicted octanol–water partition coefficient (Wildman–Crippen LogP) is 1.19. The number of aromatic carboxylic acids is 1. The zero-order chi connectivity index (χ0) is 10.6. The minimum absolute atomic E-state index is 0. The molecule has 0 radical (unpaired) electrons. The highest BCUT2D eigenvalue weighted by Crippen LogP contribution is 2.18. The summed E-state index contributed by atoms with van der Waals surface area (Å²) >= 11 is 0. The van der Waals surface area contributed by atoms with Gasteiger partial charge in [0.05, 0.1) is 5.56 Å². The Kier molecular flexibility index (Phi) is 5.36. The molecule has 0 saturated heterocycles. The number of carboxylic acids is 1. The molecule has 0 atom stereocenters. The summed E-state index contributed by atoms with van der Waals surface area (Å²) in [7, 11) is 0. The smallest absolute Gasteiger partial charge is 0.335 e. The Labute approximate surface area is 88.4 Å². The van der Waals surface area contributed by atoms with E-state index in [2.05, 4.69) is 0 Å². The van der Waals surface area contributed by atoms with Crippen LogP contribution in [0, 0.1) is 6.92 Å². The van der Waals surface area contributed by atoms with Crippen LogP contribution in [0.4, 0.5) is 0 Å². The molecule has 0 spiro atoms. The van der Waals surface area contributed by atoms with E-state index in [0.717, 1.165) is 5.56 Å². The van der Waals surface area contributed by atoms with Crippen LogP contribution < -0.4 is 16.6 Å². The lowest BCUT2D eigenvalue weighted by Crippen LogP contribution is -2.11. The molecule has 15 heavy (non-hydrogen) atoms. The second-order valence-electron chi connectivity index (χ2n) is 2.92. The Morgan fingerprint density at radius 3 is 2.67 bits per heavy atom. The van der Waals surface area contributed by atoms with Gasteiger partial charge in [-0.1, -0.05) is 0 Å². The van der Waals surface area contributed by atoms with Gasteiger partial charge >= 0.3 is 5.97 Å². The number of aryl methyl sites for hydroxylation is 1. The van der Waals surface area contributed by atoms with Crippen LogP contribution in [0.5, 0.6) is 5.75 Å². The fourth-order valence-electron chi connectivity index (χ4n) is 1.11. The number of hydrogen-bond donors (Lipinski definition) is 3. The number of rotatable bonds is 4. The van der Waals surface area contributed by atoms with Crippen molar-refractivity contribution in [2.24, 2.45) is 5.73 Å². The van der Waals surface area contributed by atoms with Crippen molar-refractivity contribution in [3.05, 3.63) is 29.3 Å². The van der Waals surface area contributed by atoms with E-state index >= 15 is 0 Å². The molecule has 0 amide bonds. The number of carbonyl (C=O) groups is 1. The maximum Gasteiger partial charge on any atom is 0.335 e. The van der Waals surface area contributed by atoms with Crippen molar-refractivity contribution >= 4 is 5.97 Å². The highest BCUT2D eigenvalue weighted by molar-refractivity contribution is 5.88. The van der Waals surface area contributed by atoms with Crippen molar-refractivity contribution in [3.63, 3.8) is 0 Å². The second-order valence-corrected chi connectivity index (χ2v) is 2.92. The van der Waals surface area contributed by atoms with Gasteiger partial charge in [0.2, 0.25) is 0 Å². The Hall–Kier alpha value is -1.59. The zero-order valence-electron chi connectivity index (χ0n) is 8.69. The van der Waals surface area contributed by atoms with Crippen molar-refractivity contribution < 1.29 is 14.6 Å². The monoisotopic (exact) mass is 212 g/mol. The molecule has 0 heterocycles. The predicted molar refractivity (Wildman–Crippen MR) is 57.7 cm³/mol. The zero-order valence-corrected chi connectivity index (χ0v) is 8.69. The highest BCUT2D eigenvalue weighted by atomic mass is 16.5. The van der Waals surface area contributed by atoms with Gasteiger partial charge in [0, 0.05) is 6.54 Å². The molecule has 84 valence electrons. The quantitative estimate of drug-likeness (QED) is 0.694. The van der Waals surface area contributed by atoms with E-state index in [1.54, 1.807) is 19.1 Å². The third kappa shape index (κ3) is 3.57. The number of ether oxygens (including phenoxy) is 1. The molecule has 0 aliphatic carbocycles. The summed E-state index contributed by atoms with van der Waals surface area (Å²) in [5, 5.41) is 8.72. The molecule has 5 nitrogen and oxygen atoms in total. The van der Waals surface area contributed by atoms with Crippen LogP contribution in [0.3, 0.4) is 0 Å². The Morgan fingerprint density at radius 2 is 2.20 bits per heavy atom. The molecule has 0 aliphatic heterocycles. The van der Waals surface area contributed by atoms with E-state index in [1.807, 2.05) is 0 Å². The molecule has 0 unspecified atom stereocenters. The summed E-state index contributed by atoms with van der Waals surface area (Å²) in [6, 6.07) is 4.74. The van der Waals surface area contributed by atoms with E-state index in [0.29, 0.717) is 18.9 Å². The van der Waals surface area contributed by atoms with Gasteiger partial charge in [-0.25, -0.2) is 4.79 Å². The number of carboxylic acid groups (broad SMARTS) is 1. The highest BCUT2D eigenvalue weighted by Gasteiger charge is 2.05. The van der Waals surface area contributed by atoms with Crippen molar-refractivity contribution in [2.45, 2.75) is 6.92 Å². The number of nitrogens with two attached hydrogens (primary N) is 1. The van der Waals surface area contributed by atoms with Gasteiger partial charge in [-0.15, -0.1) is 0 Å². The lowest BCUT2D eigenvalue weighted by molar-refractivity contribution is 0.0696. The van der Waals surface area contributed by atoms with Crippen LogP contribution in [0.1, 0.15) is 15.9 Å². The first-order valence-electron chi connectivity index (χ1n) is 4.32. The Bertz CT molecular complexity index is 339. The average Bonchev–Trinajstić information content (AvgIpc) is 2.15. The molecular formula is C10H16N2O3. The second kappa shape index (κ2) is 6.00. The summed E-state index contributed by atoms with van der Waals surface area (Å²) in [5.41, 5.74) is 6.36. The first-order chi connectivity index (χ1) is 6.65. The van der Waals surface area contributed by atoms with Crippen molar-refractivity contribution in [2.75, 3.05) is 13.2 Å². The first kappa shape index (κ1) is 13.4. The van der Waals surface area contributed by atoms with Crippen molar-refractivity contribution in [1.29, 1.82) is 0 Å². The summed E-state index contributed by atoms with van der Waals surface area (Å²) < 4.78 is 5.30. The molecule has 6 N–H and O–H groups in total. The SMILES string of the molecule is Cc1cc(C(=O)O)ccc1OCCN.N. The molecule has 0 bridgehead atoms. The van der Waals surface area contributed by atoms with Gasteiger partial charge in [-0.05, 0) is 30.7 Å². The maximum atomic E-state index is 10.6. The van der Waals surface area contributed by atoms with Crippen molar-refractivity contribution in [3.8, 4) is 5.75 Å². The fourth-order valence-corrected chi connectivity index (χ4v) is 1.11. The van der Waals surface area contributed by atoms with Crippen LogP contribution in [0.15, 0.2) is 18.2 Å². The van der Waals surface area contributed by atoms with Crippen LogP contribution >= 0.6 is 0 Å². The van der Waals surface area contributed by atoms with Crippen LogP contribution in [0.25, 0.3) is 0 Å². The summed E-state index contributed by atoms with van der Waals surface area (Å²) in [6.07, 6.45) is 0. The minimum atomic E-state index is -0.932. The molecule has 0 aliphatic rings. The molecule has 1 aromatic rings. The molecule has 0 saturated carbocycles. The van der Waals surface area contributed by atoms with Gasteiger partial charge < -0.3 is 21.7 Å². The lowest BCUT2D eigenvalue weighted by Gasteiger charge is -2.08. The average molecular weight is 212 g/mol. The summed E-state index contributed by atoms with van der Waals surface area (Å²) in [5.74, 6) is -0.251. The Morgan fingerprint density at radius 1 is 1.53 bits per heavy atom. The third-order valence-corrected chi connectivity index (χ3v) is 1.80. The molecule has 1 aromatic carbocycles. The largest absolute Gasteiger partial charge is 0.492 e. The molecular weight excluding hydrogens is 196 g/mol. The van der Waals surface area contributed by atoms with Crippen molar-refractivity contribution in [1.82, 2.24) is 6.15 Å².